The molecule has 0 amide bonds. The maximum atomic E-state index is 12.4. The van der Waals surface area contributed by atoms with Gasteiger partial charge in [0, 0.05) is 16.3 Å². The van der Waals surface area contributed by atoms with Crippen LogP contribution >= 0.6 is 11.8 Å². The highest BCUT2D eigenvalue weighted by molar-refractivity contribution is 7.99. The summed E-state index contributed by atoms with van der Waals surface area (Å²) >= 11 is 1.66. The quantitative estimate of drug-likeness (QED) is 0.580. The van der Waals surface area contributed by atoms with Crippen LogP contribution in [0.1, 0.15) is 25.0 Å². The standard InChI is InChI=1S/C15H14F3NS.C2H6/c16-15(17,18)12-3-1-11(2-4-12)9-10-20-14-7-5-13(19)6-8-14;1-2/h1-8H,9-10,19H2;1-2H3. The molecule has 0 aliphatic rings. The van der Waals surface area contributed by atoms with Crippen LogP contribution in [0.4, 0.5) is 18.9 Å². The molecule has 22 heavy (non-hydrogen) atoms. The summed E-state index contributed by atoms with van der Waals surface area (Å²) in [6.07, 6.45) is -3.54. The first-order valence-electron chi connectivity index (χ1n) is 7.09. The zero-order chi connectivity index (χ0) is 16.6. The fraction of sp³-hybridized carbons (Fsp3) is 0.294. The van der Waals surface area contributed by atoms with Crippen molar-refractivity contribution in [3.63, 3.8) is 0 Å². The Morgan fingerprint density at radius 3 is 1.95 bits per heavy atom. The molecule has 0 fully saturated rings. The number of thioether (sulfide) groups is 1. The number of nitrogens with two attached hydrogens (primary N) is 1. The van der Waals surface area contributed by atoms with E-state index in [0.29, 0.717) is 0 Å². The third-order valence-corrected chi connectivity index (χ3v) is 3.83. The van der Waals surface area contributed by atoms with Crippen LogP contribution in [0.15, 0.2) is 53.4 Å². The van der Waals surface area contributed by atoms with Gasteiger partial charge in [0.15, 0.2) is 0 Å². The van der Waals surface area contributed by atoms with Crippen LogP contribution in [-0.4, -0.2) is 5.75 Å². The minimum atomic E-state index is -4.27. The fourth-order valence-corrected chi connectivity index (χ4v) is 2.61. The van der Waals surface area contributed by atoms with Crippen molar-refractivity contribution >= 4 is 17.4 Å². The van der Waals surface area contributed by atoms with Crippen molar-refractivity contribution in [3.8, 4) is 0 Å². The molecular formula is C17H20F3NS. The van der Waals surface area contributed by atoms with E-state index in [1.807, 2.05) is 38.1 Å². The number of rotatable bonds is 4. The zero-order valence-electron chi connectivity index (χ0n) is 12.7. The molecule has 0 bridgehead atoms. The van der Waals surface area contributed by atoms with Gasteiger partial charge in [0.05, 0.1) is 5.56 Å². The lowest BCUT2D eigenvalue weighted by molar-refractivity contribution is -0.137. The highest BCUT2D eigenvalue weighted by Crippen LogP contribution is 2.29. The molecular weight excluding hydrogens is 307 g/mol. The molecule has 0 aliphatic heterocycles. The minimum Gasteiger partial charge on any atom is -0.399 e. The minimum absolute atomic E-state index is 0.604. The van der Waals surface area contributed by atoms with Crippen molar-refractivity contribution in [2.75, 3.05) is 11.5 Å². The fourth-order valence-electron chi connectivity index (χ4n) is 1.71. The van der Waals surface area contributed by atoms with E-state index in [2.05, 4.69) is 0 Å². The molecule has 2 rings (SSSR count). The first-order chi connectivity index (χ1) is 10.4. The number of benzene rings is 2. The SMILES string of the molecule is CC.Nc1ccc(SCCc2ccc(C(F)(F)F)cc2)cc1. The van der Waals surface area contributed by atoms with E-state index >= 15 is 0 Å². The molecule has 0 aromatic heterocycles. The molecule has 5 heteroatoms. The van der Waals surface area contributed by atoms with E-state index in [9.17, 15) is 13.2 Å². The van der Waals surface area contributed by atoms with Gasteiger partial charge in [0.25, 0.3) is 0 Å². The molecule has 2 N–H and O–H groups in total. The lowest BCUT2D eigenvalue weighted by Crippen LogP contribution is -2.04. The first-order valence-corrected chi connectivity index (χ1v) is 8.08. The van der Waals surface area contributed by atoms with Gasteiger partial charge < -0.3 is 5.73 Å². The van der Waals surface area contributed by atoms with E-state index in [4.69, 9.17) is 5.73 Å². The topological polar surface area (TPSA) is 26.0 Å². The Morgan fingerprint density at radius 2 is 1.45 bits per heavy atom. The van der Waals surface area contributed by atoms with E-state index < -0.39 is 11.7 Å². The predicted octanol–water partition coefficient (Wildman–Crippen LogP) is 5.65. The number of alkyl halides is 3. The molecule has 0 heterocycles. The molecule has 0 atom stereocenters. The number of halogens is 3. The Hall–Kier alpha value is -1.62. The largest absolute Gasteiger partial charge is 0.416 e. The second-order valence-corrected chi connectivity index (χ2v) is 5.53. The average Bonchev–Trinajstić information content (AvgIpc) is 2.51. The second-order valence-electron chi connectivity index (χ2n) is 4.36. The van der Waals surface area contributed by atoms with Gasteiger partial charge in [0.1, 0.15) is 0 Å². The van der Waals surface area contributed by atoms with Crippen LogP contribution in [0, 0.1) is 0 Å². The van der Waals surface area contributed by atoms with Crippen LogP contribution in [0.25, 0.3) is 0 Å². The maximum absolute atomic E-state index is 12.4. The van der Waals surface area contributed by atoms with Crippen molar-refractivity contribution in [2.45, 2.75) is 31.3 Å². The van der Waals surface area contributed by atoms with Crippen LogP contribution in [-0.2, 0) is 12.6 Å². The highest BCUT2D eigenvalue weighted by Gasteiger charge is 2.29. The van der Waals surface area contributed by atoms with E-state index in [0.717, 1.165) is 40.5 Å². The molecule has 2 aromatic rings. The van der Waals surface area contributed by atoms with Gasteiger partial charge in [-0.3, -0.25) is 0 Å². The highest BCUT2D eigenvalue weighted by atomic mass is 32.2. The van der Waals surface area contributed by atoms with Gasteiger partial charge in [-0.1, -0.05) is 26.0 Å². The van der Waals surface area contributed by atoms with E-state index in [1.54, 1.807) is 11.8 Å². The van der Waals surface area contributed by atoms with Crippen molar-refractivity contribution in [1.82, 2.24) is 0 Å². The predicted molar refractivity (Wildman–Crippen MR) is 88.1 cm³/mol. The third kappa shape index (κ3) is 6.02. The summed E-state index contributed by atoms with van der Waals surface area (Å²) in [4.78, 5) is 1.10. The lowest BCUT2D eigenvalue weighted by atomic mass is 10.1. The zero-order valence-corrected chi connectivity index (χ0v) is 13.5. The van der Waals surface area contributed by atoms with Crippen molar-refractivity contribution < 1.29 is 13.2 Å². The summed E-state index contributed by atoms with van der Waals surface area (Å²) in [6, 6.07) is 12.9. The molecule has 0 saturated carbocycles. The van der Waals surface area contributed by atoms with Gasteiger partial charge in [0.2, 0.25) is 0 Å². The summed E-state index contributed by atoms with van der Waals surface area (Å²) in [6.45, 7) is 4.00. The van der Waals surface area contributed by atoms with Gasteiger partial charge >= 0.3 is 6.18 Å². The number of nitrogen functional groups attached to an aromatic ring is 1. The number of hydrogen-bond donors (Lipinski definition) is 1. The van der Waals surface area contributed by atoms with Crippen molar-refractivity contribution in [2.24, 2.45) is 0 Å². The number of aryl methyl sites for hydroxylation is 1. The second kappa shape index (κ2) is 8.73. The monoisotopic (exact) mass is 327 g/mol. The normalized spacial score (nSPS) is 10.8. The lowest BCUT2D eigenvalue weighted by Gasteiger charge is -2.07. The molecule has 0 radical (unpaired) electrons. The van der Waals surface area contributed by atoms with Crippen LogP contribution in [0.3, 0.4) is 0 Å². The Morgan fingerprint density at radius 1 is 0.909 bits per heavy atom. The molecule has 0 unspecified atom stereocenters. The molecule has 2 aromatic carbocycles. The summed E-state index contributed by atoms with van der Waals surface area (Å²) in [5, 5.41) is 0. The van der Waals surface area contributed by atoms with Gasteiger partial charge in [-0.2, -0.15) is 13.2 Å². The van der Waals surface area contributed by atoms with E-state index in [-0.39, 0.29) is 0 Å². The first kappa shape index (κ1) is 18.4. The summed E-state index contributed by atoms with van der Waals surface area (Å²) in [5.74, 6) is 0.815. The van der Waals surface area contributed by atoms with Crippen molar-refractivity contribution in [1.29, 1.82) is 0 Å². The molecule has 0 spiro atoms. The molecule has 120 valence electrons. The van der Waals surface area contributed by atoms with Crippen LogP contribution < -0.4 is 5.73 Å². The third-order valence-electron chi connectivity index (χ3n) is 2.82. The Bertz CT molecular complexity index is 548. The van der Waals surface area contributed by atoms with Gasteiger partial charge in [-0.15, -0.1) is 11.8 Å². The molecule has 0 aliphatic carbocycles. The van der Waals surface area contributed by atoms with Crippen LogP contribution in [0.2, 0.25) is 0 Å². The molecule has 0 saturated heterocycles. The number of anilines is 1. The summed E-state index contributed by atoms with van der Waals surface area (Å²) in [7, 11) is 0. The van der Waals surface area contributed by atoms with E-state index in [1.165, 1.54) is 12.1 Å². The Kier molecular flexibility index (Phi) is 7.32. The summed E-state index contributed by atoms with van der Waals surface area (Å²) in [5.41, 5.74) is 6.61. The average molecular weight is 327 g/mol. The molecule has 1 nitrogen and oxygen atoms in total. The maximum Gasteiger partial charge on any atom is 0.416 e. The number of hydrogen-bond acceptors (Lipinski definition) is 2. The van der Waals surface area contributed by atoms with Crippen LogP contribution in [0.5, 0.6) is 0 Å². The Balaban J connectivity index is 0.00000116. The summed E-state index contributed by atoms with van der Waals surface area (Å²) < 4.78 is 37.2. The smallest absolute Gasteiger partial charge is 0.399 e. The van der Waals surface area contributed by atoms with Gasteiger partial charge in [-0.05, 0) is 48.4 Å². The van der Waals surface area contributed by atoms with Crippen molar-refractivity contribution in [3.05, 3.63) is 59.7 Å². The Labute approximate surface area is 133 Å². The van der Waals surface area contributed by atoms with Gasteiger partial charge in [-0.25, -0.2) is 0 Å².